The van der Waals surface area contributed by atoms with E-state index in [9.17, 15) is 4.79 Å². The van der Waals surface area contributed by atoms with Crippen molar-refractivity contribution in [1.29, 1.82) is 0 Å². The summed E-state index contributed by atoms with van der Waals surface area (Å²) in [6, 6.07) is 17.4. The van der Waals surface area contributed by atoms with E-state index in [4.69, 9.17) is 14.8 Å². The molecular weight excluding hydrogens is 346 g/mol. The van der Waals surface area contributed by atoms with E-state index < -0.39 is 11.9 Å². The third-order valence-corrected chi connectivity index (χ3v) is 5.54. The fourth-order valence-corrected chi connectivity index (χ4v) is 3.63. The van der Waals surface area contributed by atoms with Crippen LogP contribution in [0.4, 0.5) is 0 Å². The van der Waals surface area contributed by atoms with Crippen LogP contribution in [0.15, 0.2) is 54.6 Å². The number of aromatic nitrogens is 1. The van der Waals surface area contributed by atoms with Gasteiger partial charge in [0, 0.05) is 10.4 Å². The van der Waals surface area contributed by atoms with E-state index >= 15 is 0 Å². The number of rotatable bonds is 7. The highest BCUT2D eigenvalue weighted by Gasteiger charge is 2.14. The molecule has 134 valence electrons. The van der Waals surface area contributed by atoms with Gasteiger partial charge in [0.25, 0.3) is 0 Å². The number of carboxylic acid groups (broad SMARTS) is 1. The fourth-order valence-electron chi connectivity index (χ4n) is 2.62. The molecule has 1 N–H and O–H groups in total. The van der Waals surface area contributed by atoms with E-state index in [-0.39, 0.29) is 0 Å². The monoisotopic (exact) mass is 367 g/mol. The first-order chi connectivity index (χ1) is 12.6. The average Bonchev–Trinajstić information content (AvgIpc) is 3.10. The first kappa shape index (κ1) is 18.1. The van der Waals surface area contributed by atoms with Gasteiger partial charge in [-0.2, -0.15) is 0 Å². The topological polar surface area (TPSA) is 59.4 Å². The van der Waals surface area contributed by atoms with E-state index in [0.29, 0.717) is 12.4 Å². The van der Waals surface area contributed by atoms with Crippen LogP contribution in [0.5, 0.6) is 5.75 Å². The minimum absolute atomic E-state index is 0.403. The van der Waals surface area contributed by atoms with Crippen molar-refractivity contribution in [3.63, 3.8) is 0 Å². The van der Waals surface area contributed by atoms with E-state index in [1.165, 1.54) is 4.88 Å². The summed E-state index contributed by atoms with van der Waals surface area (Å²) >= 11 is 1.70. The van der Waals surface area contributed by atoms with Gasteiger partial charge in [0.15, 0.2) is 0 Å². The van der Waals surface area contributed by atoms with Gasteiger partial charge in [-0.1, -0.05) is 49.4 Å². The van der Waals surface area contributed by atoms with E-state index in [2.05, 4.69) is 19.1 Å². The molecule has 1 atom stereocenters. The van der Waals surface area contributed by atoms with E-state index in [1.807, 2.05) is 30.3 Å². The number of thiazole rings is 1. The summed E-state index contributed by atoms with van der Waals surface area (Å²) < 4.78 is 5.88. The Labute approximate surface area is 157 Å². The molecule has 1 heterocycles. The van der Waals surface area contributed by atoms with Crippen molar-refractivity contribution < 1.29 is 14.6 Å². The lowest BCUT2D eigenvalue weighted by atomic mass is 10.0. The molecule has 2 aromatic carbocycles. The van der Waals surface area contributed by atoms with Crippen LogP contribution in [-0.4, -0.2) is 16.1 Å². The molecule has 0 aliphatic rings. The zero-order chi connectivity index (χ0) is 18.5. The smallest absolute Gasteiger partial charge is 0.310 e. The summed E-state index contributed by atoms with van der Waals surface area (Å²) in [5, 5.41) is 10.1. The normalized spacial score (nSPS) is 11.9. The van der Waals surface area contributed by atoms with Gasteiger partial charge in [0.2, 0.25) is 0 Å². The molecule has 0 saturated heterocycles. The predicted molar refractivity (Wildman–Crippen MR) is 104 cm³/mol. The van der Waals surface area contributed by atoms with Crippen molar-refractivity contribution in [1.82, 2.24) is 4.98 Å². The lowest BCUT2D eigenvalue weighted by Gasteiger charge is -2.09. The number of carboxylic acids is 1. The number of aryl methyl sites for hydroxylation is 1. The molecule has 4 nitrogen and oxygen atoms in total. The van der Waals surface area contributed by atoms with E-state index in [0.717, 1.165) is 28.2 Å². The second-order valence-electron chi connectivity index (χ2n) is 6.03. The van der Waals surface area contributed by atoms with E-state index in [1.54, 1.807) is 30.4 Å². The van der Waals surface area contributed by atoms with Crippen molar-refractivity contribution in [2.45, 2.75) is 32.8 Å². The van der Waals surface area contributed by atoms with Crippen LogP contribution in [0.1, 0.15) is 35.9 Å². The van der Waals surface area contributed by atoms with Crippen LogP contribution in [0.25, 0.3) is 10.6 Å². The van der Waals surface area contributed by atoms with Gasteiger partial charge in [-0.15, -0.1) is 11.3 Å². The maximum Gasteiger partial charge on any atom is 0.310 e. The molecule has 0 fully saturated rings. The van der Waals surface area contributed by atoms with Crippen LogP contribution in [0.2, 0.25) is 0 Å². The summed E-state index contributed by atoms with van der Waals surface area (Å²) in [7, 11) is 0. The Morgan fingerprint density at radius 1 is 1.15 bits per heavy atom. The molecule has 26 heavy (non-hydrogen) atoms. The van der Waals surface area contributed by atoms with Gasteiger partial charge in [0.05, 0.1) is 11.6 Å². The Balaban J connectivity index is 1.71. The third-order valence-electron chi connectivity index (χ3n) is 4.25. The third kappa shape index (κ3) is 4.11. The minimum atomic E-state index is -0.831. The quantitative estimate of drug-likeness (QED) is 0.628. The molecule has 0 aliphatic carbocycles. The molecule has 0 radical (unpaired) electrons. The molecule has 0 bridgehead atoms. The summed E-state index contributed by atoms with van der Waals surface area (Å²) in [4.78, 5) is 17.0. The Bertz CT molecular complexity index is 872. The summed E-state index contributed by atoms with van der Waals surface area (Å²) in [6.07, 6.45) is 0.915. The molecule has 3 rings (SSSR count). The lowest BCUT2D eigenvalue weighted by molar-refractivity contribution is -0.138. The molecule has 5 heteroatoms. The van der Waals surface area contributed by atoms with Gasteiger partial charge in [-0.05, 0) is 31.0 Å². The molecule has 0 saturated carbocycles. The summed E-state index contributed by atoms with van der Waals surface area (Å²) in [5.74, 6) is -0.646. The summed E-state index contributed by atoms with van der Waals surface area (Å²) in [5.41, 5.74) is 2.84. The van der Waals surface area contributed by atoms with Crippen molar-refractivity contribution in [3.05, 3.63) is 70.7 Å². The van der Waals surface area contributed by atoms with Gasteiger partial charge < -0.3 is 9.84 Å². The average molecular weight is 367 g/mol. The highest BCUT2D eigenvalue weighted by Crippen LogP contribution is 2.29. The molecule has 0 spiro atoms. The molecule has 1 aromatic heterocycles. The van der Waals surface area contributed by atoms with Gasteiger partial charge in [-0.25, -0.2) is 4.98 Å². The zero-order valence-electron chi connectivity index (χ0n) is 14.8. The predicted octanol–water partition coefficient (Wildman–Crippen LogP) is 5.14. The van der Waals surface area contributed by atoms with Crippen LogP contribution in [0, 0.1) is 0 Å². The first-order valence-electron chi connectivity index (χ1n) is 8.58. The van der Waals surface area contributed by atoms with Crippen molar-refractivity contribution in [2.75, 3.05) is 0 Å². The maximum absolute atomic E-state index is 11.0. The number of carbonyl (C=O) groups is 1. The Hall–Kier alpha value is -2.66. The Morgan fingerprint density at radius 2 is 1.85 bits per heavy atom. The number of hydrogen-bond donors (Lipinski definition) is 1. The Morgan fingerprint density at radius 3 is 2.46 bits per heavy atom. The second kappa shape index (κ2) is 8.15. The number of hydrogen-bond acceptors (Lipinski definition) is 4. The zero-order valence-corrected chi connectivity index (χ0v) is 15.6. The van der Waals surface area contributed by atoms with Crippen molar-refractivity contribution in [3.8, 4) is 16.3 Å². The molecule has 3 aromatic rings. The standard InChI is InChI=1S/C21H21NO3S/c1-3-19-18(22-20(26-19)16-7-5-4-6-8-16)13-25-17-11-9-15(10-12-17)14(2)21(23)24/h4-12,14H,3,13H2,1-2H3,(H,23,24). The van der Waals surface area contributed by atoms with Crippen molar-refractivity contribution in [2.24, 2.45) is 0 Å². The van der Waals surface area contributed by atoms with Gasteiger partial charge in [0.1, 0.15) is 17.4 Å². The summed E-state index contributed by atoms with van der Waals surface area (Å²) in [6.45, 7) is 4.19. The Kier molecular flexibility index (Phi) is 5.68. The number of nitrogens with zero attached hydrogens (tertiary/aromatic N) is 1. The largest absolute Gasteiger partial charge is 0.487 e. The van der Waals surface area contributed by atoms with Gasteiger partial charge in [-0.3, -0.25) is 4.79 Å². The fraction of sp³-hybridized carbons (Fsp3) is 0.238. The lowest BCUT2D eigenvalue weighted by Crippen LogP contribution is -2.07. The number of benzene rings is 2. The van der Waals surface area contributed by atoms with Crippen LogP contribution in [0.3, 0.4) is 0 Å². The SMILES string of the molecule is CCc1sc(-c2ccccc2)nc1COc1ccc(C(C)C(=O)O)cc1. The molecule has 0 aliphatic heterocycles. The number of aliphatic carboxylic acids is 1. The second-order valence-corrected chi connectivity index (χ2v) is 7.11. The highest BCUT2D eigenvalue weighted by molar-refractivity contribution is 7.15. The van der Waals surface area contributed by atoms with Crippen LogP contribution in [-0.2, 0) is 17.8 Å². The van der Waals surface area contributed by atoms with Crippen molar-refractivity contribution >= 4 is 17.3 Å². The first-order valence-corrected chi connectivity index (χ1v) is 9.39. The molecule has 0 amide bonds. The minimum Gasteiger partial charge on any atom is -0.487 e. The van der Waals surface area contributed by atoms with Crippen LogP contribution < -0.4 is 4.74 Å². The highest BCUT2D eigenvalue weighted by atomic mass is 32.1. The van der Waals surface area contributed by atoms with Crippen LogP contribution >= 0.6 is 11.3 Å². The maximum atomic E-state index is 11.0. The number of ether oxygens (including phenoxy) is 1. The molecular formula is C21H21NO3S. The molecule has 1 unspecified atom stereocenters. The van der Waals surface area contributed by atoms with Gasteiger partial charge >= 0.3 is 5.97 Å².